The minimum Gasteiger partial charge on any atom is -0.313 e. The summed E-state index contributed by atoms with van der Waals surface area (Å²) in [6, 6.07) is 3.39. The Hall–Kier alpha value is -1.84. The van der Waals surface area contributed by atoms with Gasteiger partial charge in [0.2, 0.25) is 0 Å². The maximum atomic E-state index is 12.2. The zero-order valence-corrected chi connectivity index (χ0v) is 11.8. The Bertz CT molecular complexity index is 640. The van der Waals surface area contributed by atoms with Crippen molar-refractivity contribution in [3.05, 3.63) is 35.8 Å². The number of hydrogen-bond acceptors (Lipinski definition) is 6. The van der Waals surface area contributed by atoms with Crippen molar-refractivity contribution in [1.29, 1.82) is 0 Å². The Morgan fingerprint density at radius 2 is 2.20 bits per heavy atom. The molecule has 0 aliphatic heterocycles. The van der Waals surface area contributed by atoms with Crippen LogP contribution in [0.15, 0.2) is 29.6 Å². The van der Waals surface area contributed by atoms with E-state index < -0.39 is 10.0 Å². The van der Waals surface area contributed by atoms with E-state index in [-0.39, 0.29) is 11.6 Å². The molecular weight excluding hydrogens is 280 g/mol. The minimum atomic E-state index is -3.65. The van der Waals surface area contributed by atoms with Crippen molar-refractivity contribution in [1.82, 2.24) is 30.4 Å². The highest BCUT2D eigenvalue weighted by atomic mass is 32.2. The van der Waals surface area contributed by atoms with Gasteiger partial charge in [0.1, 0.15) is 0 Å². The lowest BCUT2D eigenvalue weighted by atomic mass is 10.3. The predicted molar refractivity (Wildman–Crippen MR) is 72.0 cm³/mol. The lowest BCUT2D eigenvalue weighted by Crippen LogP contribution is -2.26. The maximum Gasteiger partial charge on any atom is 0.258 e. The molecule has 0 unspecified atom stereocenters. The third-order valence-electron chi connectivity index (χ3n) is 2.58. The van der Waals surface area contributed by atoms with E-state index in [4.69, 9.17) is 0 Å². The molecule has 0 aliphatic rings. The Morgan fingerprint density at radius 1 is 1.35 bits per heavy atom. The van der Waals surface area contributed by atoms with Crippen molar-refractivity contribution >= 4 is 10.0 Å². The second-order valence-corrected chi connectivity index (χ2v) is 5.75. The molecule has 0 bridgehead atoms. The fourth-order valence-electron chi connectivity index (χ4n) is 1.59. The Labute approximate surface area is 117 Å². The van der Waals surface area contributed by atoms with Gasteiger partial charge in [0, 0.05) is 18.3 Å². The highest BCUT2D eigenvalue weighted by Crippen LogP contribution is 2.11. The molecular formula is C11H16N6O2S. The quantitative estimate of drug-likeness (QED) is 0.651. The topological polar surface area (TPSA) is 113 Å². The van der Waals surface area contributed by atoms with Crippen LogP contribution in [0.4, 0.5) is 0 Å². The maximum absolute atomic E-state index is 12.2. The van der Waals surface area contributed by atoms with E-state index in [1.165, 1.54) is 12.4 Å². The molecule has 0 radical (unpaired) electrons. The first-order valence-corrected chi connectivity index (χ1v) is 7.61. The van der Waals surface area contributed by atoms with Crippen LogP contribution >= 0.6 is 0 Å². The summed E-state index contributed by atoms with van der Waals surface area (Å²) in [4.78, 5) is 0. The number of nitrogens with zero attached hydrogens (tertiary/aromatic N) is 3. The largest absolute Gasteiger partial charge is 0.313 e. The van der Waals surface area contributed by atoms with E-state index in [1.807, 2.05) is 6.92 Å². The molecule has 0 saturated carbocycles. The Balaban J connectivity index is 2.08. The van der Waals surface area contributed by atoms with Crippen LogP contribution in [0.5, 0.6) is 0 Å². The third-order valence-corrected chi connectivity index (χ3v) is 4.00. The van der Waals surface area contributed by atoms with Gasteiger partial charge in [-0.05, 0) is 18.7 Å². The van der Waals surface area contributed by atoms with Gasteiger partial charge in [0.25, 0.3) is 10.0 Å². The molecule has 20 heavy (non-hydrogen) atoms. The molecule has 9 heteroatoms. The SMILES string of the molecule is CCNCc1cn[nH]c1S(=O)(=O)NCc1cccnn1. The molecule has 0 saturated heterocycles. The lowest BCUT2D eigenvalue weighted by Gasteiger charge is -2.06. The molecule has 2 heterocycles. The lowest BCUT2D eigenvalue weighted by molar-refractivity contribution is 0.573. The second-order valence-electron chi connectivity index (χ2n) is 4.04. The fraction of sp³-hybridized carbons (Fsp3) is 0.364. The fourth-order valence-corrected chi connectivity index (χ4v) is 2.71. The van der Waals surface area contributed by atoms with Crippen molar-refractivity contribution in [2.24, 2.45) is 0 Å². The first-order valence-electron chi connectivity index (χ1n) is 6.12. The number of aromatic nitrogens is 4. The number of nitrogens with one attached hydrogen (secondary N) is 3. The molecule has 0 spiro atoms. The molecule has 3 N–H and O–H groups in total. The second kappa shape index (κ2) is 6.55. The normalized spacial score (nSPS) is 11.7. The van der Waals surface area contributed by atoms with Gasteiger partial charge in [-0.15, -0.1) is 0 Å². The summed E-state index contributed by atoms with van der Waals surface area (Å²) in [5, 5.41) is 16.9. The van der Waals surface area contributed by atoms with Crippen LogP contribution < -0.4 is 10.0 Å². The molecule has 0 aliphatic carbocycles. The summed E-state index contributed by atoms with van der Waals surface area (Å²) in [6.45, 7) is 3.21. The van der Waals surface area contributed by atoms with E-state index >= 15 is 0 Å². The summed E-state index contributed by atoms with van der Waals surface area (Å²) in [5.41, 5.74) is 1.14. The van der Waals surface area contributed by atoms with Gasteiger partial charge in [-0.1, -0.05) is 6.92 Å². The van der Waals surface area contributed by atoms with Crippen LogP contribution in [0.3, 0.4) is 0 Å². The van der Waals surface area contributed by atoms with Gasteiger partial charge < -0.3 is 5.32 Å². The van der Waals surface area contributed by atoms with E-state index in [0.717, 1.165) is 6.54 Å². The van der Waals surface area contributed by atoms with E-state index in [2.05, 4.69) is 30.4 Å². The van der Waals surface area contributed by atoms with E-state index in [0.29, 0.717) is 17.8 Å². The average molecular weight is 296 g/mol. The molecule has 0 amide bonds. The molecule has 2 aromatic heterocycles. The summed E-state index contributed by atoms with van der Waals surface area (Å²) in [5.74, 6) is 0. The molecule has 0 atom stereocenters. The number of hydrogen-bond donors (Lipinski definition) is 3. The number of H-pyrrole nitrogens is 1. The monoisotopic (exact) mass is 296 g/mol. The van der Waals surface area contributed by atoms with Gasteiger partial charge in [-0.2, -0.15) is 15.3 Å². The first kappa shape index (κ1) is 14.6. The van der Waals surface area contributed by atoms with Gasteiger partial charge >= 0.3 is 0 Å². The molecule has 0 aromatic carbocycles. The van der Waals surface area contributed by atoms with Crippen LogP contribution in [0.25, 0.3) is 0 Å². The summed E-state index contributed by atoms with van der Waals surface area (Å²) in [6.07, 6.45) is 3.03. The summed E-state index contributed by atoms with van der Waals surface area (Å²) < 4.78 is 26.8. The summed E-state index contributed by atoms with van der Waals surface area (Å²) >= 11 is 0. The van der Waals surface area contributed by atoms with Gasteiger partial charge in [-0.3, -0.25) is 5.10 Å². The Kier molecular flexibility index (Phi) is 4.77. The van der Waals surface area contributed by atoms with E-state index in [9.17, 15) is 8.42 Å². The first-order chi connectivity index (χ1) is 9.63. The molecule has 2 aromatic rings. The number of aromatic amines is 1. The number of sulfonamides is 1. The van der Waals surface area contributed by atoms with Crippen molar-refractivity contribution in [3.63, 3.8) is 0 Å². The average Bonchev–Trinajstić information content (AvgIpc) is 2.93. The van der Waals surface area contributed by atoms with Crippen molar-refractivity contribution in [2.45, 2.75) is 25.0 Å². The van der Waals surface area contributed by atoms with Crippen molar-refractivity contribution < 1.29 is 8.42 Å². The van der Waals surface area contributed by atoms with Crippen molar-refractivity contribution in [3.8, 4) is 0 Å². The molecule has 108 valence electrons. The molecule has 8 nitrogen and oxygen atoms in total. The number of rotatable bonds is 7. The van der Waals surface area contributed by atoms with Crippen LogP contribution in [0.2, 0.25) is 0 Å². The molecule has 0 fully saturated rings. The molecule has 2 rings (SSSR count). The summed E-state index contributed by atoms with van der Waals surface area (Å²) in [7, 11) is -3.65. The van der Waals surface area contributed by atoms with Crippen molar-refractivity contribution in [2.75, 3.05) is 6.54 Å². The minimum absolute atomic E-state index is 0.0716. The highest BCUT2D eigenvalue weighted by Gasteiger charge is 2.20. The van der Waals surface area contributed by atoms with Crippen LogP contribution in [-0.2, 0) is 23.1 Å². The zero-order chi connectivity index (χ0) is 14.4. The van der Waals surface area contributed by atoms with Crippen LogP contribution in [0.1, 0.15) is 18.2 Å². The smallest absolute Gasteiger partial charge is 0.258 e. The van der Waals surface area contributed by atoms with Crippen LogP contribution in [0, 0.1) is 0 Å². The van der Waals surface area contributed by atoms with Gasteiger partial charge in [-0.25, -0.2) is 13.1 Å². The third kappa shape index (κ3) is 3.59. The van der Waals surface area contributed by atoms with E-state index in [1.54, 1.807) is 12.1 Å². The van der Waals surface area contributed by atoms with Gasteiger partial charge in [0.15, 0.2) is 5.03 Å². The predicted octanol–water partition coefficient (Wildman–Crippen LogP) is -0.212. The van der Waals surface area contributed by atoms with Gasteiger partial charge in [0.05, 0.1) is 18.4 Å². The van der Waals surface area contributed by atoms with Crippen LogP contribution in [-0.4, -0.2) is 35.4 Å². The standard InChI is InChI=1S/C11H16N6O2S/c1-2-12-6-9-7-14-17-11(9)20(18,19)15-8-10-4-3-5-13-16-10/h3-5,7,12,15H,2,6,8H2,1H3,(H,14,17). The Morgan fingerprint density at radius 3 is 2.90 bits per heavy atom. The zero-order valence-electron chi connectivity index (χ0n) is 11.0. The highest BCUT2D eigenvalue weighted by molar-refractivity contribution is 7.89.